The Balaban J connectivity index is 1.45. The van der Waals surface area contributed by atoms with Crippen LogP contribution in [0.25, 0.3) is 15.9 Å². The number of aromatic nitrogens is 6. The average Bonchev–Trinajstić information content (AvgIpc) is 3.38. The maximum absolute atomic E-state index is 12.9. The topological polar surface area (TPSA) is 60.9 Å². The summed E-state index contributed by atoms with van der Waals surface area (Å²) in [5, 5.41) is 9.27. The van der Waals surface area contributed by atoms with E-state index in [1.54, 1.807) is 29.1 Å². The summed E-state index contributed by atoms with van der Waals surface area (Å²) in [7, 11) is 0. The van der Waals surface area contributed by atoms with Gasteiger partial charge in [0.15, 0.2) is 17.2 Å². The number of fused-ring (bicyclic) bond motifs is 5. The summed E-state index contributed by atoms with van der Waals surface area (Å²) in [4.78, 5) is 11.7. The number of nitrogens with zero attached hydrogens (tertiary/aromatic N) is 6. The first kappa shape index (κ1) is 19.5. The first-order chi connectivity index (χ1) is 14.3. The van der Waals surface area contributed by atoms with Gasteiger partial charge >= 0.3 is 6.18 Å². The summed E-state index contributed by atoms with van der Waals surface area (Å²) in [6, 6.07) is 1.06. The zero-order chi connectivity index (χ0) is 21.0. The van der Waals surface area contributed by atoms with Crippen LogP contribution in [-0.4, -0.2) is 29.4 Å². The number of hydrogen-bond acceptors (Lipinski definition) is 5. The van der Waals surface area contributed by atoms with Crippen LogP contribution < -0.4 is 0 Å². The molecule has 0 saturated carbocycles. The molecule has 1 aliphatic carbocycles. The van der Waals surface area contributed by atoms with E-state index in [4.69, 9.17) is 4.98 Å². The lowest BCUT2D eigenvalue weighted by Gasteiger charge is -2.20. The Labute approximate surface area is 174 Å². The van der Waals surface area contributed by atoms with Gasteiger partial charge in [-0.2, -0.15) is 18.3 Å². The van der Waals surface area contributed by atoms with Gasteiger partial charge in [-0.15, -0.1) is 16.4 Å². The highest BCUT2D eigenvalue weighted by Gasteiger charge is 2.34. The van der Waals surface area contributed by atoms with Crippen LogP contribution in [0.15, 0.2) is 12.4 Å². The molecule has 10 heteroatoms. The fourth-order valence-corrected chi connectivity index (χ4v) is 5.52. The number of hydrogen-bond donors (Lipinski definition) is 0. The summed E-state index contributed by atoms with van der Waals surface area (Å²) in [5.41, 5.74) is 1.72. The lowest BCUT2D eigenvalue weighted by atomic mass is 9.86. The number of rotatable bonds is 4. The monoisotopic (exact) mass is 434 g/mol. The molecule has 0 aromatic carbocycles. The minimum absolute atomic E-state index is 0.287. The van der Waals surface area contributed by atoms with Crippen molar-refractivity contribution >= 4 is 27.2 Å². The van der Waals surface area contributed by atoms with Gasteiger partial charge < -0.3 is 0 Å². The van der Waals surface area contributed by atoms with Gasteiger partial charge in [-0.25, -0.2) is 14.5 Å². The lowest BCUT2D eigenvalue weighted by Crippen LogP contribution is -2.11. The molecule has 0 spiro atoms. The van der Waals surface area contributed by atoms with E-state index >= 15 is 0 Å². The second kappa shape index (κ2) is 7.04. The summed E-state index contributed by atoms with van der Waals surface area (Å²) in [5.74, 6) is 1.31. The molecule has 0 fully saturated rings. The maximum atomic E-state index is 12.9. The van der Waals surface area contributed by atoms with Gasteiger partial charge in [0.25, 0.3) is 0 Å². The van der Waals surface area contributed by atoms with Gasteiger partial charge in [-0.05, 0) is 43.7 Å². The van der Waals surface area contributed by atoms with E-state index in [0.717, 1.165) is 40.7 Å². The van der Waals surface area contributed by atoms with E-state index in [-0.39, 0.29) is 6.54 Å². The van der Waals surface area contributed by atoms with Crippen molar-refractivity contribution < 1.29 is 13.2 Å². The van der Waals surface area contributed by atoms with Crippen molar-refractivity contribution in [1.29, 1.82) is 0 Å². The summed E-state index contributed by atoms with van der Waals surface area (Å²) < 4.78 is 41.7. The highest BCUT2D eigenvalue weighted by Crippen LogP contribution is 2.39. The van der Waals surface area contributed by atoms with Gasteiger partial charge in [0, 0.05) is 23.5 Å². The van der Waals surface area contributed by atoms with Crippen LogP contribution in [0.1, 0.15) is 47.4 Å². The zero-order valence-electron chi connectivity index (χ0n) is 16.7. The van der Waals surface area contributed by atoms with Crippen molar-refractivity contribution in [3.63, 3.8) is 0 Å². The van der Waals surface area contributed by atoms with Crippen LogP contribution in [0.4, 0.5) is 13.2 Å². The summed E-state index contributed by atoms with van der Waals surface area (Å²) in [6.45, 7) is 4.15. The molecule has 1 atom stereocenters. The third-order valence-electron chi connectivity index (χ3n) is 5.93. The third kappa shape index (κ3) is 3.27. The predicted molar refractivity (Wildman–Crippen MR) is 108 cm³/mol. The van der Waals surface area contributed by atoms with E-state index in [9.17, 15) is 13.2 Å². The second-order valence-corrected chi connectivity index (χ2v) is 8.97. The van der Waals surface area contributed by atoms with Gasteiger partial charge in [0.2, 0.25) is 0 Å². The van der Waals surface area contributed by atoms with E-state index in [0.29, 0.717) is 17.9 Å². The Morgan fingerprint density at radius 2 is 2.10 bits per heavy atom. The van der Waals surface area contributed by atoms with Gasteiger partial charge in [0.05, 0.1) is 5.39 Å². The molecule has 1 aliphatic rings. The molecule has 6 nitrogen and oxygen atoms in total. The van der Waals surface area contributed by atoms with Gasteiger partial charge in [-0.1, -0.05) is 13.3 Å². The minimum atomic E-state index is -4.44. The number of alkyl halides is 3. The molecule has 4 heterocycles. The first-order valence-corrected chi connectivity index (χ1v) is 10.9. The molecule has 4 aromatic rings. The van der Waals surface area contributed by atoms with Crippen molar-refractivity contribution in [3.05, 3.63) is 40.0 Å². The highest BCUT2D eigenvalue weighted by molar-refractivity contribution is 7.19. The molecule has 4 aromatic heterocycles. The molecule has 0 aliphatic heterocycles. The molecule has 0 N–H and O–H groups in total. The molecule has 0 saturated heterocycles. The zero-order valence-corrected chi connectivity index (χ0v) is 17.5. The Kier molecular flexibility index (Phi) is 4.57. The van der Waals surface area contributed by atoms with Gasteiger partial charge in [0.1, 0.15) is 11.2 Å². The van der Waals surface area contributed by atoms with Crippen LogP contribution in [0, 0.1) is 12.8 Å². The standard InChI is InChI=1S/C20H21F3N6S/c1-3-12-4-5-13-14(9-12)30-19-17(13)18-25-16(27-29(18)10-24-19)6-7-28-11(2)8-15(26-28)20(21,22)23/h8,10,12H,3-7,9H2,1-2H3/t12-/m0/s1. The number of thiophene rings is 1. The maximum Gasteiger partial charge on any atom is 0.435 e. The number of halogens is 3. The SMILES string of the molecule is CC[C@H]1CCc2c(sc3ncn4nc(CCn5nc(C(F)(F)F)cc5C)nc4c23)C1. The first-order valence-electron chi connectivity index (χ1n) is 10.1. The molecule has 158 valence electrons. The predicted octanol–water partition coefficient (Wildman–Crippen LogP) is 4.62. The molecule has 0 radical (unpaired) electrons. The fourth-order valence-electron chi connectivity index (χ4n) is 4.22. The Hall–Kier alpha value is -2.49. The normalized spacial score (nSPS) is 17.2. The molecular formula is C20H21F3N6S. The molecule has 0 amide bonds. The fraction of sp³-hybridized carbons (Fsp3) is 0.500. The quantitative estimate of drug-likeness (QED) is 0.470. The average molecular weight is 434 g/mol. The smallest absolute Gasteiger partial charge is 0.269 e. The van der Waals surface area contributed by atoms with Crippen LogP contribution >= 0.6 is 11.3 Å². The van der Waals surface area contributed by atoms with Crippen molar-refractivity contribution in [1.82, 2.24) is 29.4 Å². The van der Waals surface area contributed by atoms with Crippen LogP contribution in [0.3, 0.4) is 0 Å². The third-order valence-corrected chi connectivity index (χ3v) is 7.09. The van der Waals surface area contributed by atoms with E-state index in [1.807, 2.05) is 0 Å². The van der Waals surface area contributed by atoms with Crippen molar-refractivity contribution in [2.75, 3.05) is 0 Å². The highest BCUT2D eigenvalue weighted by atomic mass is 32.1. The van der Waals surface area contributed by atoms with Crippen molar-refractivity contribution in [2.45, 2.75) is 58.7 Å². The molecular weight excluding hydrogens is 413 g/mol. The molecule has 0 bridgehead atoms. The Morgan fingerprint density at radius 1 is 1.27 bits per heavy atom. The largest absolute Gasteiger partial charge is 0.435 e. The molecule has 30 heavy (non-hydrogen) atoms. The number of aryl methyl sites for hydroxylation is 4. The van der Waals surface area contributed by atoms with E-state index in [1.165, 1.54) is 28.0 Å². The lowest BCUT2D eigenvalue weighted by molar-refractivity contribution is -0.141. The van der Waals surface area contributed by atoms with Crippen LogP contribution in [0.2, 0.25) is 0 Å². The van der Waals surface area contributed by atoms with Gasteiger partial charge in [-0.3, -0.25) is 4.68 Å². The Morgan fingerprint density at radius 3 is 2.83 bits per heavy atom. The minimum Gasteiger partial charge on any atom is -0.269 e. The molecule has 5 rings (SSSR count). The Bertz CT molecular complexity index is 1240. The van der Waals surface area contributed by atoms with E-state index in [2.05, 4.69) is 22.1 Å². The van der Waals surface area contributed by atoms with E-state index < -0.39 is 11.9 Å². The van der Waals surface area contributed by atoms with Crippen LogP contribution in [-0.2, 0) is 32.0 Å². The van der Waals surface area contributed by atoms with Crippen LogP contribution in [0.5, 0.6) is 0 Å². The van der Waals surface area contributed by atoms with Crippen molar-refractivity contribution in [2.24, 2.45) is 5.92 Å². The summed E-state index contributed by atoms with van der Waals surface area (Å²) in [6.07, 6.45) is 2.13. The second-order valence-electron chi connectivity index (χ2n) is 7.88. The molecule has 0 unspecified atom stereocenters. The van der Waals surface area contributed by atoms with Crippen molar-refractivity contribution in [3.8, 4) is 0 Å². The summed E-state index contributed by atoms with van der Waals surface area (Å²) >= 11 is 1.75.